The van der Waals surface area contributed by atoms with E-state index >= 15 is 0 Å². The minimum atomic E-state index is 0.236. The Balaban J connectivity index is 2.71. The number of methoxy groups -OCH3 is 1. The van der Waals surface area contributed by atoms with Crippen LogP contribution in [0.15, 0.2) is 24.3 Å². The molecule has 0 heterocycles. The summed E-state index contributed by atoms with van der Waals surface area (Å²) < 4.78 is 5.41. The van der Waals surface area contributed by atoms with Crippen LogP contribution < -0.4 is 5.32 Å². The molecule has 0 aliphatic carbocycles. The van der Waals surface area contributed by atoms with Crippen LogP contribution in [-0.2, 0) is 11.2 Å². The van der Waals surface area contributed by atoms with E-state index in [0.717, 1.165) is 13.0 Å². The van der Waals surface area contributed by atoms with E-state index < -0.39 is 0 Å². The fourth-order valence-electron chi connectivity index (χ4n) is 1.91. The summed E-state index contributed by atoms with van der Waals surface area (Å²) in [6, 6.07) is 8.93. The third kappa shape index (κ3) is 3.62. The van der Waals surface area contributed by atoms with Crippen molar-refractivity contribution in [2.45, 2.75) is 39.3 Å². The molecule has 0 saturated carbocycles. The zero-order valence-electron chi connectivity index (χ0n) is 10.8. The molecule has 2 unspecified atom stereocenters. The molecular formula is C14H23NO. The summed E-state index contributed by atoms with van der Waals surface area (Å²) in [5.41, 5.74) is 2.76. The Morgan fingerprint density at radius 2 is 2.00 bits per heavy atom. The number of hydrogen-bond donors (Lipinski definition) is 1. The molecule has 0 saturated heterocycles. The number of likely N-dealkylation sites (N-methyl/N-ethyl adjacent to an activating group) is 1. The number of hydrogen-bond acceptors (Lipinski definition) is 2. The molecule has 0 aliphatic rings. The SMILES string of the molecule is CCNC(Cc1ccccc1C)C(C)OC. The van der Waals surface area contributed by atoms with Crippen molar-refractivity contribution in [3.05, 3.63) is 35.4 Å². The van der Waals surface area contributed by atoms with Crippen LogP contribution >= 0.6 is 0 Å². The van der Waals surface area contributed by atoms with Crippen molar-refractivity contribution in [3.63, 3.8) is 0 Å². The van der Waals surface area contributed by atoms with Gasteiger partial charge in [0, 0.05) is 13.2 Å². The van der Waals surface area contributed by atoms with Gasteiger partial charge >= 0.3 is 0 Å². The lowest BCUT2D eigenvalue weighted by atomic mass is 9.98. The van der Waals surface area contributed by atoms with Crippen molar-refractivity contribution >= 4 is 0 Å². The standard InChI is InChI=1S/C14H23NO/c1-5-15-14(12(3)16-4)10-13-9-7-6-8-11(13)2/h6-9,12,14-15H,5,10H2,1-4H3. The summed E-state index contributed by atoms with van der Waals surface area (Å²) in [4.78, 5) is 0. The minimum Gasteiger partial charge on any atom is -0.380 e. The molecule has 0 spiro atoms. The van der Waals surface area contributed by atoms with Crippen LogP contribution in [0.25, 0.3) is 0 Å². The van der Waals surface area contributed by atoms with Gasteiger partial charge in [0.25, 0.3) is 0 Å². The lowest BCUT2D eigenvalue weighted by Gasteiger charge is -2.24. The molecule has 2 nitrogen and oxygen atoms in total. The molecular weight excluding hydrogens is 198 g/mol. The maximum absolute atomic E-state index is 5.41. The minimum absolute atomic E-state index is 0.236. The van der Waals surface area contributed by atoms with Gasteiger partial charge in [-0.2, -0.15) is 0 Å². The van der Waals surface area contributed by atoms with Crippen LogP contribution in [0.4, 0.5) is 0 Å². The van der Waals surface area contributed by atoms with Gasteiger partial charge in [-0.15, -0.1) is 0 Å². The van der Waals surface area contributed by atoms with Crippen LogP contribution in [0.1, 0.15) is 25.0 Å². The monoisotopic (exact) mass is 221 g/mol. The second-order valence-electron chi connectivity index (χ2n) is 4.24. The van der Waals surface area contributed by atoms with Crippen molar-refractivity contribution < 1.29 is 4.74 Å². The van der Waals surface area contributed by atoms with Crippen LogP contribution in [0.5, 0.6) is 0 Å². The highest BCUT2D eigenvalue weighted by atomic mass is 16.5. The van der Waals surface area contributed by atoms with E-state index in [9.17, 15) is 0 Å². The molecule has 1 rings (SSSR count). The summed E-state index contributed by atoms with van der Waals surface area (Å²) in [7, 11) is 1.77. The normalized spacial score (nSPS) is 14.8. The number of rotatable bonds is 6. The van der Waals surface area contributed by atoms with E-state index in [1.165, 1.54) is 11.1 Å². The first kappa shape index (κ1) is 13.2. The van der Waals surface area contributed by atoms with Gasteiger partial charge in [0.2, 0.25) is 0 Å². The maximum atomic E-state index is 5.41. The first-order valence-electron chi connectivity index (χ1n) is 5.99. The Kier molecular flexibility index (Phi) is 5.50. The quantitative estimate of drug-likeness (QED) is 0.797. The lowest BCUT2D eigenvalue weighted by molar-refractivity contribution is 0.0836. The predicted molar refractivity (Wildman–Crippen MR) is 68.8 cm³/mol. The first-order valence-corrected chi connectivity index (χ1v) is 5.99. The molecule has 2 heteroatoms. The molecule has 2 atom stereocenters. The number of benzene rings is 1. The Labute approximate surface area is 99.0 Å². The largest absolute Gasteiger partial charge is 0.380 e. The van der Waals surface area contributed by atoms with Gasteiger partial charge in [-0.1, -0.05) is 31.2 Å². The number of nitrogens with one attached hydrogen (secondary N) is 1. The van der Waals surface area contributed by atoms with Gasteiger partial charge in [0.1, 0.15) is 0 Å². The van der Waals surface area contributed by atoms with E-state index in [4.69, 9.17) is 4.74 Å². The highest BCUT2D eigenvalue weighted by Crippen LogP contribution is 2.12. The van der Waals surface area contributed by atoms with Gasteiger partial charge in [0.05, 0.1) is 6.10 Å². The summed E-state index contributed by atoms with van der Waals surface area (Å²) in [5.74, 6) is 0. The van der Waals surface area contributed by atoms with E-state index in [1.807, 2.05) is 0 Å². The summed E-state index contributed by atoms with van der Waals surface area (Å²) in [6.45, 7) is 7.39. The summed E-state index contributed by atoms with van der Waals surface area (Å²) in [5, 5.41) is 3.48. The van der Waals surface area contributed by atoms with Crippen LogP contribution in [0, 0.1) is 6.92 Å². The number of ether oxygens (including phenoxy) is 1. The molecule has 0 fully saturated rings. The molecule has 1 aromatic carbocycles. The highest BCUT2D eigenvalue weighted by molar-refractivity contribution is 5.26. The summed E-state index contributed by atoms with van der Waals surface area (Å²) >= 11 is 0. The molecule has 0 radical (unpaired) electrons. The highest BCUT2D eigenvalue weighted by Gasteiger charge is 2.16. The smallest absolute Gasteiger partial charge is 0.0699 e. The predicted octanol–water partition coefficient (Wildman–Crippen LogP) is 2.55. The molecule has 0 aliphatic heterocycles. The topological polar surface area (TPSA) is 21.3 Å². The average Bonchev–Trinajstić information content (AvgIpc) is 2.30. The molecule has 1 aromatic rings. The maximum Gasteiger partial charge on any atom is 0.0699 e. The molecule has 0 amide bonds. The molecule has 90 valence electrons. The van der Waals surface area contributed by atoms with Crippen LogP contribution in [0.3, 0.4) is 0 Å². The summed E-state index contributed by atoms with van der Waals surface area (Å²) in [6.07, 6.45) is 1.26. The van der Waals surface area contributed by atoms with Crippen LogP contribution in [-0.4, -0.2) is 25.8 Å². The zero-order valence-corrected chi connectivity index (χ0v) is 10.8. The average molecular weight is 221 g/mol. The number of aryl methyl sites for hydroxylation is 1. The Morgan fingerprint density at radius 3 is 2.56 bits per heavy atom. The van der Waals surface area contributed by atoms with E-state index in [2.05, 4.69) is 50.4 Å². The zero-order chi connectivity index (χ0) is 12.0. The Hall–Kier alpha value is -0.860. The van der Waals surface area contributed by atoms with E-state index in [1.54, 1.807) is 7.11 Å². The van der Waals surface area contributed by atoms with E-state index in [-0.39, 0.29) is 6.10 Å². The van der Waals surface area contributed by atoms with Gasteiger partial charge in [-0.05, 0) is 37.9 Å². The van der Waals surface area contributed by atoms with Gasteiger partial charge < -0.3 is 10.1 Å². The van der Waals surface area contributed by atoms with Gasteiger partial charge in [-0.3, -0.25) is 0 Å². The lowest BCUT2D eigenvalue weighted by Crippen LogP contribution is -2.41. The van der Waals surface area contributed by atoms with E-state index in [0.29, 0.717) is 6.04 Å². The Morgan fingerprint density at radius 1 is 1.31 bits per heavy atom. The molecule has 1 N–H and O–H groups in total. The molecule has 16 heavy (non-hydrogen) atoms. The third-order valence-electron chi connectivity index (χ3n) is 3.11. The first-order chi connectivity index (χ1) is 7.69. The van der Waals surface area contributed by atoms with Gasteiger partial charge in [0.15, 0.2) is 0 Å². The molecule has 0 aromatic heterocycles. The van der Waals surface area contributed by atoms with Crippen molar-refractivity contribution in [2.24, 2.45) is 0 Å². The second kappa shape index (κ2) is 6.66. The second-order valence-corrected chi connectivity index (χ2v) is 4.24. The third-order valence-corrected chi connectivity index (χ3v) is 3.11. The van der Waals surface area contributed by atoms with Crippen molar-refractivity contribution in [1.29, 1.82) is 0 Å². The van der Waals surface area contributed by atoms with Crippen molar-refractivity contribution in [1.82, 2.24) is 5.32 Å². The Bertz CT molecular complexity index is 311. The van der Waals surface area contributed by atoms with Crippen LogP contribution in [0.2, 0.25) is 0 Å². The fourth-order valence-corrected chi connectivity index (χ4v) is 1.91. The fraction of sp³-hybridized carbons (Fsp3) is 0.571. The van der Waals surface area contributed by atoms with Crippen molar-refractivity contribution in [2.75, 3.05) is 13.7 Å². The van der Waals surface area contributed by atoms with Crippen molar-refractivity contribution in [3.8, 4) is 0 Å². The molecule has 0 bridgehead atoms. The van der Waals surface area contributed by atoms with Gasteiger partial charge in [-0.25, -0.2) is 0 Å².